The van der Waals surface area contributed by atoms with Crippen LogP contribution >= 0.6 is 0 Å². The van der Waals surface area contributed by atoms with Gasteiger partial charge in [0.2, 0.25) is 5.91 Å². The molecule has 2 atom stereocenters. The highest BCUT2D eigenvalue weighted by Gasteiger charge is 2.27. The summed E-state index contributed by atoms with van der Waals surface area (Å²) >= 11 is 0. The van der Waals surface area contributed by atoms with E-state index in [0.29, 0.717) is 6.42 Å². The van der Waals surface area contributed by atoms with Crippen LogP contribution in [0.3, 0.4) is 0 Å². The first-order valence-corrected chi connectivity index (χ1v) is 4.96. The van der Waals surface area contributed by atoms with Gasteiger partial charge in [0.25, 0.3) is 0 Å². The van der Waals surface area contributed by atoms with E-state index in [9.17, 15) is 4.79 Å². The fourth-order valence-electron chi connectivity index (χ4n) is 0.992. The predicted molar refractivity (Wildman–Crippen MR) is 56.7 cm³/mol. The number of aliphatic hydroxyl groups is 1. The van der Waals surface area contributed by atoms with Crippen LogP contribution in [0.2, 0.25) is 0 Å². The molecule has 0 aliphatic carbocycles. The predicted octanol–water partition coefficient (Wildman–Crippen LogP) is 0.247. The first kappa shape index (κ1) is 13.4. The molecule has 0 aromatic rings. The fraction of sp³-hybridized carbons (Fsp3) is 0.900. The van der Waals surface area contributed by atoms with Crippen LogP contribution in [-0.2, 0) is 4.79 Å². The Labute approximate surface area is 85.9 Å². The van der Waals surface area contributed by atoms with E-state index in [2.05, 4.69) is 5.32 Å². The summed E-state index contributed by atoms with van der Waals surface area (Å²) in [7, 11) is 0. The van der Waals surface area contributed by atoms with Crippen molar-refractivity contribution in [3.8, 4) is 0 Å². The molecule has 0 aliphatic heterocycles. The summed E-state index contributed by atoms with van der Waals surface area (Å²) in [5, 5.41) is 11.4. The molecule has 4 nitrogen and oxygen atoms in total. The lowest BCUT2D eigenvalue weighted by Gasteiger charge is -2.27. The third-order valence-electron chi connectivity index (χ3n) is 2.17. The van der Waals surface area contributed by atoms with Crippen molar-refractivity contribution in [1.82, 2.24) is 5.32 Å². The molecule has 0 aliphatic rings. The summed E-state index contributed by atoms with van der Waals surface area (Å²) in [6, 6.07) is -0.537. The molecule has 0 saturated carbocycles. The molecule has 0 spiro atoms. The standard InChI is InChI=1S/C10H22N2O2/c1-7(5-6-13)12-9(14)8(11)10(2,3)4/h7-8,13H,5-6,11H2,1-4H3,(H,12,14)/t7?,8-/m0/s1. The van der Waals surface area contributed by atoms with Gasteiger partial charge in [-0.05, 0) is 18.8 Å². The first-order valence-electron chi connectivity index (χ1n) is 4.96. The SMILES string of the molecule is CC(CCO)NC(=O)[C@H](N)C(C)(C)C. The Bertz CT molecular complexity index is 187. The molecule has 0 saturated heterocycles. The summed E-state index contributed by atoms with van der Waals surface area (Å²) in [4.78, 5) is 11.6. The van der Waals surface area contributed by atoms with Crippen molar-refractivity contribution < 1.29 is 9.90 Å². The number of nitrogens with one attached hydrogen (secondary N) is 1. The normalized spacial score (nSPS) is 16.1. The highest BCUT2D eigenvalue weighted by Crippen LogP contribution is 2.17. The van der Waals surface area contributed by atoms with E-state index in [4.69, 9.17) is 10.8 Å². The lowest BCUT2D eigenvalue weighted by Crippen LogP contribution is -2.50. The average Bonchev–Trinajstić information content (AvgIpc) is 2.01. The first-order chi connectivity index (χ1) is 6.29. The zero-order valence-corrected chi connectivity index (χ0v) is 9.50. The van der Waals surface area contributed by atoms with Crippen molar-refractivity contribution in [3.05, 3.63) is 0 Å². The van der Waals surface area contributed by atoms with Crippen LogP contribution in [0.4, 0.5) is 0 Å². The van der Waals surface area contributed by atoms with Gasteiger partial charge in [0.05, 0.1) is 6.04 Å². The fourth-order valence-corrected chi connectivity index (χ4v) is 0.992. The third kappa shape index (κ3) is 4.58. The number of rotatable bonds is 4. The minimum atomic E-state index is -0.511. The summed E-state index contributed by atoms with van der Waals surface area (Å²) in [6.45, 7) is 7.70. The van der Waals surface area contributed by atoms with E-state index < -0.39 is 6.04 Å². The minimum Gasteiger partial charge on any atom is -0.396 e. The minimum absolute atomic E-state index is 0.0269. The van der Waals surface area contributed by atoms with E-state index in [1.54, 1.807) is 0 Å². The Morgan fingerprint density at radius 1 is 1.50 bits per heavy atom. The van der Waals surface area contributed by atoms with Crippen LogP contribution in [0.1, 0.15) is 34.1 Å². The van der Waals surface area contributed by atoms with Gasteiger partial charge in [-0.2, -0.15) is 0 Å². The highest BCUT2D eigenvalue weighted by molar-refractivity contribution is 5.82. The molecule has 4 heteroatoms. The molecule has 1 unspecified atom stereocenters. The highest BCUT2D eigenvalue weighted by atomic mass is 16.3. The Morgan fingerprint density at radius 3 is 2.36 bits per heavy atom. The van der Waals surface area contributed by atoms with Gasteiger partial charge in [0, 0.05) is 12.6 Å². The maximum absolute atomic E-state index is 11.6. The number of nitrogens with two attached hydrogens (primary N) is 1. The number of amides is 1. The van der Waals surface area contributed by atoms with Gasteiger partial charge in [0.1, 0.15) is 0 Å². The van der Waals surface area contributed by atoms with Gasteiger partial charge >= 0.3 is 0 Å². The zero-order chi connectivity index (χ0) is 11.4. The second-order valence-corrected chi connectivity index (χ2v) is 4.77. The number of hydrogen-bond acceptors (Lipinski definition) is 3. The molecule has 1 amide bonds. The van der Waals surface area contributed by atoms with E-state index in [0.717, 1.165) is 0 Å². The maximum Gasteiger partial charge on any atom is 0.237 e. The van der Waals surface area contributed by atoms with E-state index in [1.807, 2.05) is 27.7 Å². The van der Waals surface area contributed by atoms with Gasteiger partial charge in [-0.15, -0.1) is 0 Å². The van der Waals surface area contributed by atoms with Crippen LogP contribution in [0.25, 0.3) is 0 Å². The molecule has 0 rings (SSSR count). The number of carbonyl (C=O) groups is 1. The van der Waals surface area contributed by atoms with Gasteiger partial charge < -0.3 is 16.2 Å². The molecule has 0 heterocycles. The van der Waals surface area contributed by atoms with Crippen molar-refractivity contribution >= 4 is 5.91 Å². The lowest BCUT2D eigenvalue weighted by molar-refractivity contribution is -0.125. The Kier molecular flexibility index (Phi) is 5.08. The zero-order valence-electron chi connectivity index (χ0n) is 9.50. The molecule has 0 bridgehead atoms. The van der Waals surface area contributed by atoms with Crippen molar-refractivity contribution in [2.45, 2.75) is 46.2 Å². The molecular formula is C10H22N2O2. The molecule has 84 valence electrons. The largest absolute Gasteiger partial charge is 0.396 e. The second-order valence-electron chi connectivity index (χ2n) is 4.77. The van der Waals surface area contributed by atoms with Crippen LogP contribution in [-0.4, -0.2) is 29.7 Å². The summed E-state index contributed by atoms with van der Waals surface area (Å²) in [6.07, 6.45) is 0.558. The van der Waals surface area contributed by atoms with Crippen molar-refractivity contribution in [3.63, 3.8) is 0 Å². The van der Waals surface area contributed by atoms with Gasteiger partial charge in [-0.25, -0.2) is 0 Å². The van der Waals surface area contributed by atoms with Gasteiger partial charge in [0.15, 0.2) is 0 Å². The molecule has 0 radical (unpaired) electrons. The number of hydrogen-bond donors (Lipinski definition) is 3. The topological polar surface area (TPSA) is 75.3 Å². The summed E-state index contributed by atoms with van der Waals surface area (Å²) in [5.74, 6) is -0.154. The molecular weight excluding hydrogens is 180 g/mol. The van der Waals surface area contributed by atoms with Crippen molar-refractivity contribution in [2.24, 2.45) is 11.1 Å². The molecule has 14 heavy (non-hydrogen) atoms. The molecule has 0 fully saturated rings. The number of aliphatic hydroxyl groups excluding tert-OH is 1. The monoisotopic (exact) mass is 202 g/mol. The van der Waals surface area contributed by atoms with Crippen LogP contribution in [0.15, 0.2) is 0 Å². The van der Waals surface area contributed by atoms with Crippen molar-refractivity contribution in [2.75, 3.05) is 6.61 Å². The molecule has 0 aromatic heterocycles. The second kappa shape index (κ2) is 5.32. The molecule has 0 aromatic carbocycles. The van der Waals surface area contributed by atoms with Crippen LogP contribution in [0.5, 0.6) is 0 Å². The van der Waals surface area contributed by atoms with E-state index >= 15 is 0 Å². The number of carbonyl (C=O) groups excluding carboxylic acids is 1. The summed E-state index contributed by atoms with van der Waals surface area (Å²) in [5.41, 5.74) is 5.53. The third-order valence-corrected chi connectivity index (χ3v) is 2.17. The van der Waals surface area contributed by atoms with Crippen LogP contribution < -0.4 is 11.1 Å². The van der Waals surface area contributed by atoms with Gasteiger partial charge in [-0.1, -0.05) is 20.8 Å². The Hall–Kier alpha value is -0.610. The van der Waals surface area contributed by atoms with Crippen molar-refractivity contribution in [1.29, 1.82) is 0 Å². The smallest absolute Gasteiger partial charge is 0.237 e. The lowest BCUT2D eigenvalue weighted by atomic mass is 9.87. The maximum atomic E-state index is 11.6. The average molecular weight is 202 g/mol. The summed E-state index contributed by atoms with van der Waals surface area (Å²) < 4.78 is 0. The van der Waals surface area contributed by atoms with Crippen LogP contribution in [0, 0.1) is 5.41 Å². The van der Waals surface area contributed by atoms with Gasteiger partial charge in [-0.3, -0.25) is 4.79 Å². The Morgan fingerprint density at radius 2 is 2.00 bits per heavy atom. The quantitative estimate of drug-likeness (QED) is 0.611. The van der Waals surface area contributed by atoms with E-state index in [-0.39, 0.29) is 24.0 Å². The van der Waals surface area contributed by atoms with E-state index in [1.165, 1.54) is 0 Å². The Balaban J connectivity index is 4.08. The molecule has 4 N–H and O–H groups in total.